The predicted octanol–water partition coefficient (Wildman–Crippen LogP) is 2.48. The van der Waals surface area contributed by atoms with E-state index in [0.29, 0.717) is 19.0 Å². The molecule has 1 heterocycles. The molecule has 0 bridgehead atoms. The maximum Gasteiger partial charge on any atom is 0.243 e. The van der Waals surface area contributed by atoms with Gasteiger partial charge < -0.3 is 19.9 Å². The fraction of sp³-hybridized carbons (Fsp3) is 0.579. The Hall–Kier alpha value is -1.60. The fourth-order valence-electron chi connectivity index (χ4n) is 2.73. The molecule has 26 heavy (non-hydrogen) atoms. The van der Waals surface area contributed by atoms with Gasteiger partial charge in [0.1, 0.15) is 6.54 Å². The van der Waals surface area contributed by atoms with E-state index in [2.05, 4.69) is 32.3 Å². The molecule has 1 unspecified atom stereocenters. The Morgan fingerprint density at radius 1 is 1.31 bits per heavy atom. The lowest BCUT2D eigenvalue weighted by Crippen LogP contribution is -2.43. The molecule has 0 spiro atoms. The average Bonchev–Trinajstić information content (AvgIpc) is 2.64. The Bertz CT molecular complexity index is 615. The predicted molar refractivity (Wildman–Crippen MR) is 108 cm³/mol. The number of hydrogen-bond donors (Lipinski definition) is 1. The molecule has 7 heteroatoms. The van der Waals surface area contributed by atoms with Crippen molar-refractivity contribution >= 4 is 27.8 Å². The molecule has 1 aromatic carbocycles. The van der Waals surface area contributed by atoms with Crippen LogP contribution in [-0.4, -0.2) is 68.6 Å². The number of nitrogens with one attached hydrogen (secondary N) is 1. The molecule has 0 aromatic heterocycles. The standard InChI is InChI=1S/C19H29BrN4O2/c1-23(2)18(25)13-22-19(21-12-16-9-6-7-11-26-16)24(3)14-15-8-4-5-10-17(15)20/h4-5,8,10,16H,6-7,9,11-14H2,1-3H3,(H,21,22). The Morgan fingerprint density at radius 2 is 2.08 bits per heavy atom. The van der Waals surface area contributed by atoms with Gasteiger partial charge in [0.2, 0.25) is 5.91 Å². The number of nitrogens with zero attached hydrogens (tertiary/aromatic N) is 3. The number of carbonyl (C=O) groups excluding carboxylic acids is 1. The molecule has 0 saturated carbocycles. The normalized spacial score (nSPS) is 17.7. The Labute approximate surface area is 164 Å². The first-order valence-electron chi connectivity index (χ1n) is 9.02. The number of benzene rings is 1. The van der Waals surface area contributed by atoms with Gasteiger partial charge in [0.05, 0.1) is 6.10 Å². The molecule has 6 nitrogen and oxygen atoms in total. The van der Waals surface area contributed by atoms with Gasteiger partial charge >= 0.3 is 0 Å². The summed E-state index contributed by atoms with van der Waals surface area (Å²) in [5.41, 5.74) is 1.16. The molecular weight excluding hydrogens is 396 g/mol. The van der Waals surface area contributed by atoms with Gasteiger partial charge in [0.25, 0.3) is 0 Å². The molecule has 0 aliphatic carbocycles. The van der Waals surface area contributed by atoms with E-state index in [1.165, 1.54) is 6.42 Å². The largest absolute Gasteiger partial charge is 0.376 e. The molecule has 2 rings (SSSR count). The van der Waals surface area contributed by atoms with Gasteiger partial charge in [-0.15, -0.1) is 0 Å². The number of carbonyl (C=O) groups is 1. The lowest BCUT2D eigenvalue weighted by Gasteiger charge is -2.27. The molecule has 1 aliphatic rings. The van der Waals surface area contributed by atoms with Crippen LogP contribution in [-0.2, 0) is 16.1 Å². The molecule has 144 valence electrons. The van der Waals surface area contributed by atoms with Crippen LogP contribution < -0.4 is 5.32 Å². The van der Waals surface area contributed by atoms with Crippen LogP contribution in [0.3, 0.4) is 0 Å². The van der Waals surface area contributed by atoms with E-state index >= 15 is 0 Å². The van der Waals surface area contributed by atoms with Gasteiger partial charge in [-0.1, -0.05) is 34.1 Å². The van der Waals surface area contributed by atoms with E-state index in [1.54, 1.807) is 19.0 Å². The molecular formula is C19H29BrN4O2. The lowest BCUT2D eigenvalue weighted by atomic mass is 10.1. The minimum Gasteiger partial charge on any atom is -0.376 e. The van der Waals surface area contributed by atoms with Crippen molar-refractivity contribution in [3.8, 4) is 0 Å². The van der Waals surface area contributed by atoms with Gasteiger partial charge in [0, 0.05) is 45.3 Å². The Morgan fingerprint density at radius 3 is 2.73 bits per heavy atom. The lowest BCUT2D eigenvalue weighted by molar-refractivity contribution is -0.127. The minimum absolute atomic E-state index is 0.0208. The van der Waals surface area contributed by atoms with Crippen molar-refractivity contribution in [2.75, 3.05) is 40.8 Å². The van der Waals surface area contributed by atoms with Crippen molar-refractivity contribution in [1.29, 1.82) is 0 Å². The van der Waals surface area contributed by atoms with Gasteiger partial charge in [-0.25, -0.2) is 4.99 Å². The van der Waals surface area contributed by atoms with Crippen LogP contribution in [0.4, 0.5) is 0 Å². The van der Waals surface area contributed by atoms with E-state index in [0.717, 1.165) is 29.5 Å². The highest BCUT2D eigenvalue weighted by Gasteiger charge is 2.16. The first kappa shape index (κ1) is 20.7. The number of ether oxygens (including phenoxy) is 1. The summed E-state index contributed by atoms with van der Waals surface area (Å²) in [7, 11) is 5.46. The minimum atomic E-state index is -0.0208. The summed E-state index contributed by atoms with van der Waals surface area (Å²) in [5, 5.41) is 3.39. The number of rotatable bonds is 6. The second-order valence-corrected chi connectivity index (χ2v) is 7.60. The molecule has 1 saturated heterocycles. The van der Waals surface area contributed by atoms with Crippen molar-refractivity contribution in [2.45, 2.75) is 31.9 Å². The first-order valence-corrected chi connectivity index (χ1v) is 9.81. The summed E-state index contributed by atoms with van der Waals surface area (Å²) in [6, 6.07) is 8.12. The topological polar surface area (TPSA) is 57.2 Å². The molecule has 1 amide bonds. The van der Waals surface area contributed by atoms with Crippen LogP contribution in [0.2, 0.25) is 0 Å². The number of amides is 1. The third-order valence-corrected chi connectivity index (χ3v) is 5.13. The molecule has 1 aromatic rings. The third-order valence-electron chi connectivity index (χ3n) is 4.35. The Kier molecular flexibility index (Phi) is 8.38. The number of halogens is 1. The van der Waals surface area contributed by atoms with Crippen LogP contribution in [0.5, 0.6) is 0 Å². The summed E-state index contributed by atoms with van der Waals surface area (Å²) < 4.78 is 6.85. The van der Waals surface area contributed by atoms with Crippen LogP contribution in [0, 0.1) is 0 Å². The van der Waals surface area contributed by atoms with Crippen molar-refractivity contribution in [3.05, 3.63) is 34.3 Å². The fourth-order valence-corrected chi connectivity index (χ4v) is 3.14. The highest BCUT2D eigenvalue weighted by molar-refractivity contribution is 9.10. The summed E-state index contributed by atoms with van der Waals surface area (Å²) in [4.78, 5) is 20.0. The number of likely N-dealkylation sites (N-methyl/N-ethyl adjacent to an activating group) is 1. The summed E-state index contributed by atoms with van der Waals surface area (Å²) in [5.74, 6) is 0.692. The van der Waals surface area contributed by atoms with Crippen molar-refractivity contribution in [2.24, 2.45) is 4.99 Å². The SMILES string of the molecule is CN(C)C(=O)CN=C(NCC1CCCCO1)N(C)Cc1ccccc1Br. The summed E-state index contributed by atoms with van der Waals surface area (Å²) in [6.45, 7) is 2.34. The van der Waals surface area contributed by atoms with E-state index in [4.69, 9.17) is 4.74 Å². The van der Waals surface area contributed by atoms with Crippen molar-refractivity contribution in [3.63, 3.8) is 0 Å². The van der Waals surface area contributed by atoms with E-state index in [1.807, 2.05) is 30.1 Å². The molecule has 1 atom stereocenters. The highest BCUT2D eigenvalue weighted by atomic mass is 79.9. The van der Waals surface area contributed by atoms with E-state index < -0.39 is 0 Å². The zero-order chi connectivity index (χ0) is 18.9. The van der Waals surface area contributed by atoms with Crippen molar-refractivity contribution in [1.82, 2.24) is 15.1 Å². The van der Waals surface area contributed by atoms with Gasteiger partial charge in [-0.05, 0) is 30.9 Å². The van der Waals surface area contributed by atoms with Gasteiger partial charge in [-0.3, -0.25) is 4.79 Å². The third kappa shape index (κ3) is 6.61. The smallest absolute Gasteiger partial charge is 0.243 e. The summed E-state index contributed by atoms with van der Waals surface area (Å²) >= 11 is 3.59. The number of aliphatic imine (C=N–C) groups is 1. The second-order valence-electron chi connectivity index (χ2n) is 6.74. The Balaban J connectivity index is 2.03. The molecule has 0 radical (unpaired) electrons. The zero-order valence-corrected chi connectivity index (χ0v) is 17.5. The van der Waals surface area contributed by atoms with E-state index in [-0.39, 0.29) is 18.6 Å². The molecule has 1 aliphatic heterocycles. The van der Waals surface area contributed by atoms with Gasteiger partial charge in [-0.2, -0.15) is 0 Å². The maximum absolute atomic E-state index is 11.9. The quantitative estimate of drug-likeness (QED) is 0.562. The van der Waals surface area contributed by atoms with Crippen LogP contribution in [0.15, 0.2) is 33.7 Å². The average molecular weight is 425 g/mol. The van der Waals surface area contributed by atoms with Crippen LogP contribution in [0.25, 0.3) is 0 Å². The monoisotopic (exact) mass is 424 g/mol. The zero-order valence-electron chi connectivity index (χ0n) is 15.9. The van der Waals surface area contributed by atoms with Crippen LogP contribution in [0.1, 0.15) is 24.8 Å². The highest BCUT2D eigenvalue weighted by Crippen LogP contribution is 2.17. The van der Waals surface area contributed by atoms with Crippen molar-refractivity contribution < 1.29 is 9.53 Å². The number of hydrogen-bond acceptors (Lipinski definition) is 3. The maximum atomic E-state index is 11.9. The van der Waals surface area contributed by atoms with E-state index in [9.17, 15) is 4.79 Å². The number of guanidine groups is 1. The first-order chi connectivity index (χ1) is 12.5. The summed E-state index contributed by atoms with van der Waals surface area (Å²) in [6.07, 6.45) is 3.60. The molecule has 1 N–H and O–H groups in total. The van der Waals surface area contributed by atoms with Gasteiger partial charge in [0.15, 0.2) is 5.96 Å². The second kappa shape index (κ2) is 10.5. The molecule has 1 fully saturated rings. The van der Waals surface area contributed by atoms with Crippen LogP contribution >= 0.6 is 15.9 Å².